The SMILES string of the molecule is CCCCNC(=NCc1nnc(C)n1C)NCc1ncc(C)s1. The van der Waals surface area contributed by atoms with E-state index in [2.05, 4.69) is 44.7 Å². The van der Waals surface area contributed by atoms with E-state index in [9.17, 15) is 0 Å². The summed E-state index contributed by atoms with van der Waals surface area (Å²) in [6, 6.07) is 0. The summed E-state index contributed by atoms with van der Waals surface area (Å²) in [5, 5.41) is 15.9. The molecule has 0 unspecified atom stereocenters. The second kappa shape index (κ2) is 8.61. The van der Waals surface area contributed by atoms with Crippen molar-refractivity contribution in [3.05, 3.63) is 27.7 Å². The van der Waals surface area contributed by atoms with Crippen LogP contribution >= 0.6 is 11.3 Å². The Balaban J connectivity index is 1.97. The van der Waals surface area contributed by atoms with Crippen molar-refractivity contribution in [2.75, 3.05) is 6.54 Å². The van der Waals surface area contributed by atoms with Crippen molar-refractivity contribution < 1.29 is 0 Å². The smallest absolute Gasteiger partial charge is 0.192 e. The Morgan fingerprint density at radius 1 is 1.30 bits per heavy atom. The van der Waals surface area contributed by atoms with Gasteiger partial charge < -0.3 is 15.2 Å². The maximum atomic E-state index is 4.61. The van der Waals surface area contributed by atoms with Gasteiger partial charge in [-0.1, -0.05) is 13.3 Å². The molecule has 0 aliphatic rings. The number of rotatable bonds is 7. The maximum Gasteiger partial charge on any atom is 0.192 e. The monoisotopic (exact) mass is 335 g/mol. The Labute approximate surface area is 141 Å². The zero-order chi connectivity index (χ0) is 16.7. The lowest BCUT2D eigenvalue weighted by Crippen LogP contribution is -2.37. The Hall–Kier alpha value is -1.96. The van der Waals surface area contributed by atoms with Gasteiger partial charge in [0.1, 0.15) is 17.4 Å². The molecule has 0 saturated carbocycles. The number of aryl methyl sites for hydroxylation is 2. The minimum atomic E-state index is 0.496. The van der Waals surface area contributed by atoms with Gasteiger partial charge in [0.15, 0.2) is 11.8 Å². The molecule has 2 N–H and O–H groups in total. The zero-order valence-corrected chi connectivity index (χ0v) is 15.1. The van der Waals surface area contributed by atoms with Crippen LogP contribution in [0, 0.1) is 13.8 Å². The molecule has 0 atom stereocenters. The highest BCUT2D eigenvalue weighted by atomic mass is 32.1. The molecule has 0 fully saturated rings. The molecule has 7 nitrogen and oxygen atoms in total. The maximum absolute atomic E-state index is 4.61. The summed E-state index contributed by atoms with van der Waals surface area (Å²) < 4.78 is 1.96. The molecule has 2 aromatic rings. The summed E-state index contributed by atoms with van der Waals surface area (Å²) in [6.45, 7) is 8.24. The number of nitrogens with one attached hydrogen (secondary N) is 2. The molecule has 0 bridgehead atoms. The van der Waals surface area contributed by atoms with Gasteiger partial charge in [-0.3, -0.25) is 0 Å². The third-order valence-electron chi connectivity index (χ3n) is 3.46. The predicted octanol–water partition coefficient (Wildman–Crippen LogP) is 1.92. The molecule has 0 saturated heterocycles. The molecule has 0 spiro atoms. The van der Waals surface area contributed by atoms with Gasteiger partial charge in [0.25, 0.3) is 0 Å². The van der Waals surface area contributed by atoms with E-state index in [4.69, 9.17) is 0 Å². The fraction of sp³-hybridized carbons (Fsp3) is 0.600. The van der Waals surface area contributed by atoms with Crippen molar-refractivity contribution in [2.45, 2.75) is 46.7 Å². The van der Waals surface area contributed by atoms with E-state index in [-0.39, 0.29) is 0 Å². The van der Waals surface area contributed by atoms with Crippen molar-refractivity contribution in [2.24, 2.45) is 12.0 Å². The zero-order valence-electron chi connectivity index (χ0n) is 14.3. The molecule has 0 aliphatic heterocycles. The Morgan fingerprint density at radius 3 is 2.74 bits per heavy atom. The average Bonchev–Trinajstić information content (AvgIpc) is 3.09. The van der Waals surface area contributed by atoms with E-state index in [0.717, 1.165) is 42.0 Å². The summed E-state index contributed by atoms with van der Waals surface area (Å²) in [5.41, 5.74) is 0. The lowest BCUT2D eigenvalue weighted by Gasteiger charge is -2.11. The standard InChI is InChI=1S/C15H25N7S/c1-5-6-7-16-15(19-10-14-17-8-11(2)23-14)18-9-13-21-20-12(3)22(13)4/h8H,5-7,9-10H2,1-4H3,(H2,16,18,19). The topological polar surface area (TPSA) is 80.0 Å². The van der Waals surface area contributed by atoms with Crippen LogP contribution in [0.2, 0.25) is 0 Å². The molecule has 2 heterocycles. The number of hydrogen-bond acceptors (Lipinski definition) is 5. The third kappa shape index (κ3) is 5.31. The van der Waals surface area contributed by atoms with Gasteiger partial charge in [0.2, 0.25) is 0 Å². The Bertz CT molecular complexity index is 644. The summed E-state index contributed by atoms with van der Waals surface area (Å²) in [4.78, 5) is 10.2. The number of thiazole rings is 1. The number of guanidine groups is 1. The first-order chi connectivity index (χ1) is 11.1. The second-order valence-electron chi connectivity index (χ2n) is 5.39. The van der Waals surface area contributed by atoms with Gasteiger partial charge in [0, 0.05) is 24.7 Å². The number of nitrogens with zero attached hydrogens (tertiary/aromatic N) is 5. The predicted molar refractivity (Wildman–Crippen MR) is 93.5 cm³/mol. The molecule has 23 heavy (non-hydrogen) atoms. The van der Waals surface area contributed by atoms with E-state index in [1.165, 1.54) is 4.88 Å². The molecule has 0 amide bonds. The summed E-state index contributed by atoms with van der Waals surface area (Å²) >= 11 is 1.70. The molecule has 0 radical (unpaired) electrons. The molecular weight excluding hydrogens is 310 g/mol. The first kappa shape index (κ1) is 17.4. The van der Waals surface area contributed by atoms with Gasteiger partial charge in [-0.05, 0) is 20.3 Å². The van der Waals surface area contributed by atoms with E-state index < -0.39 is 0 Å². The summed E-state index contributed by atoms with van der Waals surface area (Å²) in [5.74, 6) is 2.53. The van der Waals surface area contributed by atoms with E-state index >= 15 is 0 Å². The van der Waals surface area contributed by atoms with Crippen LogP contribution < -0.4 is 10.6 Å². The Morgan fingerprint density at radius 2 is 2.13 bits per heavy atom. The minimum absolute atomic E-state index is 0.496. The number of hydrogen-bond donors (Lipinski definition) is 2. The normalized spacial score (nSPS) is 11.7. The van der Waals surface area contributed by atoms with Crippen LogP contribution in [-0.4, -0.2) is 32.3 Å². The molecule has 0 aliphatic carbocycles. The van der Waals surface area contributed by atoms with Gasteiger partial charge in [0.05, 0.1) is 6.54 Å². The fourth-order valence-corrected chi connectivity index (χ4v) is 2.67. The molecule has 0 aromatic carbocycles. The Kier molecular flexibility index (Phi) is 6.52. The summed E-state index contributed by atoms with van der Waals surface area (Å²) in [7, 11) is 1.95. The second-order valence-corrected chi connectivity index (χ2v) is 6.71. The summed E-state index contributed by atoms with van der Waals surface area (Å²) in [6.07, 6.45) is 4.15. The van der Waals surface area contributed by atoms with Crippen LogP contribution in [0.25, 0.3) is 0 Å². The molecule has 126 valence electrons. The van der Waals surface area contributed by atoms with Gasteiger partial charge in [-0.15, -0.1) is 21.5 Å². The lowest BCUT2D eigenvalue weighted by molar-refractivity contribution is 0.715. The van der Waals surface area contributed by atoms with Crippen LogP contribution in [0.4, 0.5) is 0 Å². The lowest BCUT2D eigenvalue weighted by atomic mass is 10.3. The van der Waals surface area contributed by atoms with E-state index in [1.54, 1.807) is 11.3 Å². The van der Waals surface area contributed by atoms with Gasteiger partial charge >= 0.3 is 0 Å². The van der Waals surface area contributed by atoms with Crippen molar-refractivity contribution in [1.29, 1.82) is 0 Å². The van der Waals surface area contributed by atoms with Crippen LogP contribution in [-0.2, 0) is 20.1 Å². The third-order valence-corrected chi connectivity index (χ3v) is 4.37. The molecule has 8 heteroatoms. The highest BCUT2D eigenvalue weighted by molar-refractivity contribution is 7.11. The van der Waals surface area contributed by atoms with Crippen molar-refractivity contribution >= 4 is 17.3 Å². The molecule has 2 aromatic heterocycles. The number of aliphatic imine (C=N–C) groups is 1. The first-order valence-corrected chi connectivity index (χ1v) is 8.70. The van der Waals surface area contributed by atoms with Crippen molar-refractivity contribution in [1.82, 2.24) is 30.4 Å². The minimum Gasteiger partial charge on any atom is -0.356 e. The molecule has 2 rings (SSSR count). The van der Waals surface area contributed by atoms with Gasteiger partial charge in [-0.2, -0.15) is 0 Å². The van der Waals surface area contributed by atoms with Crippen molar-refractivity contribution in [3.63, 3.8) is 0 Å². The molecular formula is C15H25N7S. The van der Waals surface area contributed by atoms with Crippen LogP contribution in [0.1, 0.15) is 41.3 Å². The van der Waals surface area contributed by atoms with Crippen LogP contribution in [0.3, 0.4) is 0 Å². The average molecular weight is 335 g/mol. The van der Waals surface area contributed by atoms with Crippen LogP contribution in [0.15, 0.2) is 11.2 Å². The highest BCUT2D eigenvalue weighted by Gasteiger charge is 2.06. The van der Waals surface area contributed by atoms with Crippen molar-refractivity contribution in [3.8, 4) is 0 Å². The first-order valence-electron chi connectivity index (χ1n) is 7.88. The number of aromatic nitrogens is 4. The largest absolute Gasteiger partial charge is 0.356 e. The fourth-order valence-electron chi connectivity index (χ4n) is 1.94. The quantitative estimate of drug-likeness (QED) is 0.459. The number of unbranched alkanes of at least 4 members (excludes halogenated alkanes) is 1. The van der Waals surface area contributed by atoms with Gasteiger partial charge in [-0.25, -0.2) is 9.98 Å². The highest BCUT2D eigenvalue weighted by Crippen LogP contribution is 2.10. The van der Waals surface area contributed by atoms with Crippen LogP contribution in [0.5, 0.6) is 0 Å². The van der Waals surface area contributed by atoms with E-state index in [1.807, 2.05) is 24.7 Å². The van der Waals surface area contributed by atoms with E-state index in [0.29, 0.717) is 13.1 Å².